The molecule has 2 aromatic rings. The van der Waals surface area contributed by atoms with Crippen LogP contribution < -0.4 is 0 Å². The zero-order chi connectivity index (χ0) is 27.5. The lowest BCUT2D eigenvalue weighted by atomic mass is 9.93. The minimum absolute atomic E-state index is 0.0417. The fourth-order valence-corrected chi connectivity index (χ4v) is 2.92. The van der Waals surface area contributed by atoms with Gasteiger partial charge in [0, 0.05) is 11.1 Å². The number of carbonyl (C=O) groups excluding carboxylic acids is 1. The lowest BCUT2D eigenvalue weighted by molar-refractivity contribution is -0.412. The van der Waals surface area contributed by atoms with Crippen LogP contribution in [0, 0.1) is 11.8 Å². The van der Waals surface area contributed by atoms with E-state index in [2.05, 4.69) is 27.7 Å². The smallest absolute Gasteiger partial charge is 0.193 e. The second-order valence-corrected chi connectivity index (χ2v) is 12.4. The van der Waals surface area contributed by atoms with Gasteiger partial charge in [-0.1, -0.05) is 76.2 Å². The lowest BCUT2D eigenvalue weighted by Crippen LogP contribution is -2.35. The van der Waals surface area contributed by atoms with E-state index >= 15 is 0 Å². The molecule has 0 spiro atoms. The van der Waals surface area contributed by atoms with E-state index in [1.807, 2.05) is 104 Å². The molecule has 2 rings (SSSR count). The van der Waals surface area contributed by atoms with E-state index in [9.17, 15) is 4.79 Å². The van der Waals surface area contributed by atoms with Gasteiger partial charge in [-0.15, -0.1) is 0 Å². The summed E-state index contributed by atoms with van der Waals surface area (Å²) in [6.45, 7) is 24.2. The summed E-state index contributed by atoms with van der Waals surface area (Å²) in [7, 11) is 0. The van der Waals surface area contributed by atoms with Crippen molar-refractivity contribution in [2.75, 3.05) is 0 Å². The Hall–Kier alpha value is -2.05. The van der Waals surface area contributed by atoms with Crippen molar-refractivity contribution >= 4 is 5.78 Å². The van der Waals surface area contributed by atoms with Crippen LogP contribution in [0.5, 0.6) is 0 Å². The van der Waals surface area contributed by atoms with Gasteiger partial charge in [-0.25, -0.2) is 19.6 Å². The molecule has 0 atom stereocenters. The number of carbonyl (C=O) groups is 1. The Kier molecular flexibility index (Phi) is 9.34. The highest BCUT2D eigenvalue weighted by Gasteiger charge is 2.32. The first kappa shape index (κ1) is 30.2. The summed E-state index contributed by atoms with van der Waals surface area (Å²) in [5, 5.41) is 0. The van der Waals surface area contributed by atoms with Gasteiger partial charge in [0.1, 0.15) is 22.4 Å². The molecule has 0 aliphatic heterocycles. The molecule has 0 aliphatic rings. The molecule has 0 amide bonds. The first-order chi connectivity index (χ1) is 16.4. The van der Waals surface area contributed by atoms with Gasteiger partial charge >= 0.3 is 0 Å². The summed E-state index contributed by atoms with van der Waals surface area (Å²) in [6, 6.07) is 15.0. The summed E-state index contributed by atoms with van der Waals surface area (Å²) in [4.78, 5) is 36.3. The number of hydrogen-bond donors (Lipinski definition) is 0. The van der Waals surface area contributed by atoms with Crippen molar-refractivity contribution < 1.29 is 24.3 Å². The third kappa shape index (κ3) is 7.48. The molecular formula is C31H46O5. The predicted octanol–water partition coefficient (Wildman–Crippen LogP) is 8.15. The molecule has 0 fully saturated rings. The molecule has 0 saturated heterocycles. The van der Waals surface area contributed by atoms with Crippen LogP contribution in [0.4, 0.5) is 0 Å². The van der Waals surface area contributed by atoms with Crippen LogP contribution in [0.3, 0.4) is 0 Å². The van der Waals surface area contributed by atoms with Crippen LogP contribution in [0.15, 0.2) is 48.5 Å². The Bertz CT molecular complexity index is 915. The van der Waals surface area contributed by atoms with Crippen molar-refractivity contribution in [3.63, 3.8) is 0 Å². The number of ketones is 1. The van der Waals surface area contributed by atoms with Gasteiger partial charge in [0.25, 0.3) is 0 Å². The van der Waals surface area contributed by atoms with E-state index in [1.54, 1.807) is 0 Å². The van der Waals surface area contributed by atoms with Gasteiger partial charge < -0.3 is 0 Å². The summed E-state index contributed by atoms with van der Waals surface area (Å²) < 4.78 is 0. The second-order valence-electron chi connectivity index (χ2n) is 12.4. The Balaban J connectivity index is 2.10. The third-order valence-corrected chi connectivity index (χ3v) is 7.39. The molecule has 5 heteroatoms. The average molecular weight is 499 g/mol. The zero-order valence-corrected chi connectivity index (χ0v) is 24.3. The quantitative estimate of drug-likeness (QED) is 0.168. The summed E-state index contributed by atoms with van der Waals surface area (Å²) >= 11 is 0. The topological polar surface area (TPSA) is 54.0 Å². The number of hydrogen-bond acceptors (Lipinski definition) is 5. The maximum Gasteiger partial charge on any atom is 0.193 e. The van der Waals surface area contributed by atoms with Crippen LogP contribution in [-0.2, 0) is 30.8 Å². The Morgan fingerprint density at radius 2 is 0.806 bits per heavy atom. The SMILES string of the molecule is CC(C)C(C)(C)OOC(C)(C)c1ccc(C(=O)c2ccc(C(C)(C)OOC(C)(C)C(C)C)cc2)cc1. The summed E-state index contributed by atoms with van der Waals surface area (Å²) in [5.74, 6) is 0.562. The Morgan fingerprint density at radius 3 is 1.06 bits per heavy atom. The molecule has 0 radical (unpaired) electrons. The van der Waals surface area contributed by atoms with Crippen molar-refractivity contribution in [3.8, 4) is 0 Å². The van der Waals surface area contributed by atoms with E-state index in [1.165, 1.54) is 0 Å². The molecule has 0 N–H and O–H groups in total. The predicted molar refractivity (Wildman–Crippen MR) is 145 cm³/mol. The fraction of sp³-hybridized carbons (Fsp3) is 0.581. The van der Waals surface area contributed by atoms with Crippen molar-refractivity contribution in [1.82, 2.24) is 0 Å². The van der Waals surface area contributed by atoms with E-state index in [0.29, 0.717) is 23.0 Å². The molecule has 36 heavy (non-hydrogen) atoms. The molecule has 0 heterocycles. The molecule has 0 aromatic heterocycles. The Labute approximate surface area is 218 Å². The van der Waals surface area contributed by atoms with Crippen molar-refractivity contribution in [2.45, 2.75) is 105 Å². The van der Waals surface area contributed by atoms with E-state index in [0.717, 1.165) is 11.1 Å². The molecule has 0 saturated carbocycles. The fourth-order valence-electron chi connectivity index (χ4n) is 2.92. The highest BCUT2D eigenvalue weighted by Crippen LogP contribution is 2.32. The van der Waals surface area contributed by atoms with Gasteiger partial charge in [-0.05, 0) is 78.4 Å². The van der Waals surface area contributed by atoms with E-state index in [4.69, 9.17) is 19.6 Å². The minimum Gasteiger partial charge on any atom is -0.289 e. The summed E-state index contributed by atoms with van der Waals surface area (Å²) in [6.07, 6.45) is 0. The van der Waals surface area contributed by atoms with E-state index < -0.39 is 22.4 Å². The van der Waals surface area contributed by atoms with Crippen LogP contribution in [0.25, 0.3) is 0 Å². The van der Waals surface area contributed by atoms with Gasteiger partial charge in [0.2, 0.25) is 0 Å². The summed E-state index contributed by atoms with van der Waals surface area (Å²) in [5.41, 5.74) is 0.951. The Morgan fingerprint density at radius 1 is 0.528 bits per heavy atom. The average Bonchev–Trinajstić information content (AvgIpc) is 2.81. The highest BCUT2D eigenvalue weighted by molar-refractivity contribution is 6.09. The zero-order valence-electron chi connectivity index (χ0n) is 24.3. The minimum atomic E-state index is -0.660. The maximum atomic E-state index is 13.1. The molecular weight excluding hydrogens is 452 g/mol. The lowest BCUT2D eigenvalue weighted by Gasteiger charge is -2.33. The van der Waals surface area contributed by atoms with Crippen LogP contribution in [0.1, 0.15) is 110 Å². The van der Waals surface area contributed by atoms with Crippen LogP contribution >= 0.6 is 0 Å². The van der Waals surface area contributed by atoms with Gasteiger partial charge in [0.05, 0.1) is 0 Å². The van der Waals surface area contributed by atoms with Crippen LogP contribution in [-0.4, -0.2) is 17.0 Å². The highest BCUT2D eigenvalue weighted by atomic mass is 17.2. The third-order valence-electron chi connectivity index (χ3n) is 7.39. The normalized spacial score (nSPS) is 13.5. The van der Waals surface area contributed by atoms with Crippen molar-refractivity contribution in [1.29, 1.82) is 0 Å². The first-order valence-corrected chi connectivity index (χ1v) is 12.9. The molecule has 0 unspecified atom stereocenters. The molecule has 0 bridgehead atoms. The van der Waals surface area contributed by atoms with Gasteiger partial charge in [-0.3, -0.25) is 4.79 Å². The second kappa shape index (κ2) is 11.1. The maximum absolute atomic E-state index is 13.1. The molecule has 5 nitrogen and oxygen atoms in total. The largest absolute Gasteiger partial charge is 0.289 e. The van der Waals surface area contributed by atoms with Crippen molar-refractivity contribution in [2.24, 2.45) is 11.8 Å². The molecule has 200 valence electrons. The number of rotatable bonds is 12. The van der Waals surface area contributed by atoms with Crippen molar-refractivity contribution in [3.05, 3.63) is 70.8 Å². The molecule has 0 aliphatic carbocycles. The van der Waals surface area contributed by atoms with Gasteiger partial charge in [-0.2, -0.15) is 0 Å². The number of benzene rings is 2. The molecule has 2 aromatic carbocycles. The van der Waals surface area contributed by atoms with E-state index in [-0.39, 0.29) is 5.78 Å². The standard InChI is InChI=1S/C31H46O5/c1-21(2)28(5,6)33-35-30(9,10)25-17-13-23(14-18-25)27(32)24-15-19-26(20-16-24)31(11,12)36-34-29(7,8)22(3)4/h13-22H,1-12H3. The van der Waals surface area contributed by atoms with Gasteiger partial charge in [0.15, 0.2) is 5.78 Å². The monoisotopic (exact) mass is 498 g/mol. The van der Waals surface area contributed by atoms with Crippen LogP contribution in [0.2, 0.25) is 0 Å². The first-order valence-electron chi connectivity index (χ1n) is 12.9.